The molecule has 0 radical (unpaired) electrons. The minimum atomic E-state index is -3.72. The van der Waals surface area contributed by atoms with Gasteiger partial charge in [0.1, 0.15) is 15.9 Å². The maximum atomic E-state index is 12.8. The standard InChI is InChI=1S/C16H16N4O2S2/c1-10-2-5-14(16-15(10)18-23-19-16)24(21,22)20-13-4-3-11-6-7-17-9-12(11)8-13/h2-5,8,17,20H,6-7,9H2,1H3. The largest absolute Gasteiger partial charge is 0.312 e. The number of nitrogens with one attached hydrogen (secondary N) is 2. The molecule has 24 heavy (non-hydrogen) atoms. The molecule has 6 nitrogen and oxygen atoms in total. The molecule has 0 aliphatic carbocycles. The molecule has 0 fully saturated rings. The molecule has 0 bridgehead atoms. The van der Waals surface area contributed by atoms with E-state index in [2.05, 4.69) is 18.8 Å². The monoisotopic (exact) mass is 360 g/mol. The third-order valence-electron chi connectivity index (χ3n) is 4.21. The van der Waals surface area contributed by atoms with Crippen LogP contribution in [0.1, 0.15) is 16.7 Å². The van der Waals surface area contributed by atoms with Gasteiger partial charge in [-0.15, -0.1) is 0 Å². The van der Waals surface area contributed by atoms with Crippen LogP contribution in [-0.2, 0) is 23.0 Å². The molecule has 2 aromatic carbocycles. The molecule has 8 heteroatoms. The second-order valence-electron chi connectivity index (χ2n) is 5.86. The van der Waals surface area contributed by atoms with Crippen LogP contribution in [0, 0.1) is 6.92 Å². The number of fused-ring (bicyclic) bond motifs is 2. The first kappa shape index (κ1) is 15.5. The molecule has 124 valence electrons. The zero-order chi connectivity index (χ0) is 16.7. The van der Waals surface area contributed by atoms with Crippen molar-refractivity contribution in [1.82, 2.24) is 14.1 Å². The summed E-state index contributed by atoms with van der Waals surface area (Å²) in [7, 11) is -3.72. The lowest BCUT2D eigenvalue weighted by molar-refractivity contribution is 0.602. The van der Waals surface area contributed by atoms with Gasteiger partial charge in [0.2, 0.25) is 0 Å². The summed E-state index contributed by atoms with van der Waals surface area (Å²) >= 11 is 1.02. The van der Waals surface area contributed by atoms with Gasteiger partial charge in [0.15, 0.2) is 0 Å². The summed E-state index contributed by atoms with van der Waals surface area (Å²) in [5.41, 5.74) is 4.93. The number of benzene rings is 2. The summed E-state index contributed by atoms with van der Waals surface area (Å²) in [6, 6.07) is 9.04. The molecule has 0 saturated carbocycles. The van der Waals surface area contributed by atoms with Gasteiger partial charge in [0.25, 0.3) is 10.0 Å². The number of aryl methyl sites for hydroxylation is 1. The molecule has 2 heterocycles. The van der Waals surface area contributed by atoms with Crippen molar-refractivity contribution in [3.05, 3.63) is 47.0 Å². The van der Waals surface area contributed by atoms with E-state index in [-0.39, 0.29) is 4.90 Å². The molecule has 1 aromatic heterocycles. The maximum Gasteiger partial charge on any atom is 0.264 e. The highest BCUT2D eigenvalue weighted by Crippen LogP contribution is 2.27. The van der Waals surface area contributed by atoms with Crippen molar-refractivity contribution in [2.75, 3.05) is 11.3 Å². The SMILES string of the molecule is Cc1ccc(S(=O)(=O)Nc2ccc3c(c2)CNCC3)c2nsnc12. The van der Waals surface area contributed by atoms with E-state index in [9.17, 15) is 8.42 Å². The van der Waals surface area contributed by atoms with Gasteiger partial charge in [-0.25, -0.2) is 8.42 Å². The average Bonchev–Trinajstić information content (AvgIpc) is 3.05. The highest BCUT2D eigenvalue weighted by atomic mass is 32.2. The van der Waals surface area contributed by atoms with E-state index in [1.807, 2.05) is 25.1 Å². The first-order valence-corrected chi connectivity index (χ1v) is 9.83. The van der Waals surface area contributed by atoms with Crippen LogP contribution >= 0.6 is 11.7 Å². The molecule has 0 spiro atoms. The molecular weight excluding hydrogens is 344 g/mol. The average molecular weight is 360 g/mol. The van der Waals surface area contributed by atoms with Crippen molar-refractivity contribution < 1.29 is 8.42 Å². The Morgan fingerprint density at radius 3 is 2.83 bits per heavy atom. The van der Waals surface area contributed by atoms with Crippen molar-refractivity contribution in [1.29, 1.82) is 0 Å². The Labute approximate surface area is 144 Å². The van der Waals surface area contributed by atoms with Crippen LogP contribution in [0.15, 0.2) is 35.2 Å². The molecule has 0 amide bonds. The molecular formula is C16H16N4O2S2. The van der Waals surface area contributed by atoms with Crippen molar-refractivity contribution >= 4 is 38.5 Å². The number of nitrogens with zero attached hydrogens (tertiary/aromatic N) is 2. The first-order valence-electron chi connectivity index (χ1n) is 7.62. The number of aromatic nitrogens is 2. The minimum Gasteiger partial charge on any atom is -0.312 e. The zero-order valence-corrected chi connectivity index (χ0v) is 14.7. The second-order valence-corrected chi connectivity index (χ2v) is 8.04. The van der Waals surface area contributed by atoms with E-state index in [1.54, 1.807) is 12.1 Å². The highest BCUT2D eigenvalue weighted by Gasteiger charge is 2.21. The van der Waals surface area contributed by atoms with E-state index in [0.29, 0.717) is 16.7 Å². The van der Waals surface area contributed by atoms with E-state index in [0.717, 1.165) is 42.4 Å². The lowest BCUT2D eigenvalue weighted by Gasteiger charge is -2.18. The van der Waals surface area contributed by atoms with Crippen LogP contribution in [0.4, 0.5) is 5.69 Å². The quantitative estimate of drug-likeness (QED) is 0.749. The summed E-state index contributed by atoms with van der Waals surface area (Å²) in [6.45, 7) is 3.61. The molecule has 0 unspecified atom stereocenters. The second kappa shape index (κ2) is 5.80. The predicted octanol–water partition coefficient (Wildman–Crippen LogP) is 2.45. The highest BCUT2D eigenvalue weighted by molar-refractivity contribution is 7.93. The molecule has 0 atom stereocenters. The summed E-state index contributed by atoms with van der Waals surface area (Å²) in [5, 5.41) is 3.30. The summed E-state index contributed by atoms with van der Waals surface area (Å²) < 4.78 is 36.6. The smallest absolute Gasteiger partial charge is 0.264 e. The van der Waals surface area contributed by atoms with Gasteiger partial charge < -0.3 is 5.32 Å². The van der Waals surface area contributed by atoms with Crippen LogP contribution < -0.4 is 10.0 Å². The van der Waals surface area contributed by atoms with Gasteiger partial charge in [0, 0.05) is 12.2 Å². The Balaban J connectivity index is 1.73. The van der Waals surface area contributed by atoms with Crippen LogP contribution in [0.3, 0.4) is 0 Å². The number of anilines is 1. The van der Waals surface area contributed by atoms with Gasteiger partial charge in [-0.2, -0.15) is 8.75 Å². The van der Waals surface area contributed by atoms with Gasteiger partial charge in [0.05, 0.1) is 11.7 Å². The number of rotatable bonds is 3. The topological polar surface area (TPSA) is 84.0 Å². The summed E-state index contributed by atoms with van der Waals surface area (Å²) in [4.78, 5) is 0.160. The number of sulfonamides is 1. The number of hydrogen-bond donors (Lipinski definition) is 2. The predicted molar refractivity (Wildman–Crippen MR) is 94.8 cm³/mol. The molecule has 1 aliphatic heterocycles. The third kappa shape index (κ3) is 2.66. The number of hydrogen-bond acceptors (Lipinski definition) is 6. The van der Waals surface area contributed by atoms with Crippen molar-refractivity contribution in [3.8, 4) is 0 Å². The third-order valence-corrected chi connectivity index (χ3v) is 6.16. The zero-order valence-electron chi connectivity index (χ0n) is 13.0. The molecule has 3 aromatic rings. The first-order chi connectivity index (χ1) is 11.5. The summed E-state index contributed by atoms with van der Waals surface area (Å²) in [6.07, 6.45) is 0.964. The van der Waals surface area contributed by atoms with Crippen LogP contribution in [0.5, 0.6) is 0 Å². The van der Waals surface area contributed by atoms with Crippen molar-refractivity contribution in [2.45, 2.75) is 24.8 Å². The fourth-order valence-corrected chi connectivity index (χ4v) is 4.81. The molecule has 4 rings (SSSR count). The Morgan fingerprint density at radius 2 is 1.96 bits per heavy atom. The van der Waals surface area contributed by atoms with E-state index < -0.39 is 10.0 Å². The fraction of sp³-hybridized carbons (Fsp3) is 0.250. The molecule has 2 N–H and O–H groups in total. The Bertz CT molecular complexity index is 1030. The van der Waals surface area contributed by atoms with Crippen molar-refractivity contribution in [3.63, 3.8) is 0 Å². The lowest BCUT2D eigenvalue weighted by Crippen LogP contribution is -2.23. The maximum absolute atomic E-state index is 12.8. The van der Waals surface area contributed by atoms with Gasteiger partial charge in [-0.05, 0) is 54.8 Å². The summed E-state index contributed by atoms with van der Waals surface area (Å²) in [5.74, 6) is 0. The van der Waals surface area contributed by atoms with Crippen LogP contribution in [0.25, 0.3) is 11.0 Å². The Hall–Kier alpha value is -2.03. The van der Waals surface area contributed by atoms with E-state index in [1.165, 1.54) is 5.56 Å². The Morgan fingerprint density at radius 1 is 1.12 bits per heavy atom. The fourth-order valence-electron chi connectivity index (χ4n) is 2.94. The molecule has 1 aliphatic rings. The van der Waals surface area contributed by atoms with Gasteiger partial charge in [-0.1, -0.05) is 12.1 Å². The van der Waals surface area contributed by atoms with Gasteiger partial charge in [-0.3, -0.25) is 4.72 Å². The Kier molecular flexibility index (Phi) is 3.75. The van der Waals surface area contributed by atoms with Crippen LogP contribution in [0.2, 0.25) is 0 Å². The minimum absolute atomic E-state index is 0.160. The normalized spacial score (nSPS) is 14.5. The van der Waals surface area contributed by atoms with E-state index in [4.69, 9.17) is 0 Å². The van der Waals surface area contributed by atoms with Crippen molar-refractivity contribution in [2.24, 2.45) is 0 Å². The van der Waals surface area contributed by atoms with Gasteiger partial charge >= 0.3 is 0 Å². The lowest BCUT2D eigenvalue weighted by atomic mass is 10.0. The molecule has 0 saturated heterocycles. The van der Waals surface area contributed by atoms with Crippen LogP contribution in [-0.4, -0.2) is 23.7 Å². The van der Waals surface area contributed by atoms with E-state index >= 15 is 0 Å².